The molecule has 1 aliphatic carbocycles. The second-order valence-electron chi connectivity index (χ2n) is 8.70. The van der Waals surface area contributed by atoms with Crippen LogP contribution in [-0.4, -0.2) is 46.9 Å². The van der Waals surface area contributed by atoms with E-state index in [2.05, 4.69) is 30.2 Å². The van der Waals surface area contributed by atoms with Crippen molar-refractivity contribution in [1.29, 1.82) is 0 Å². The van der Waals surface area contributed by atoms with Crippen molar-refractivity contribution in [3.8, 4) is 5.75 Å². The zero-order valence-electron chi connectivity index (χ0n) is 18.4. The molecule has 2 aliphatic rings. The molecule has 4 rings (SSSR count). The van der Waals surface area contributed by atoms with Crippen molar-refractivity contribution in [1.82, 2.24) is 14.9 Å². The van der Waals surface area contributed by atoms with Crippen LogP contribution in [0.4, 0.5) is 24.9 Å². The Morgan fingerprint density at radius 1 is 1.06 bits per heavy atom. The van der Waals surface area contributed by atoms with Crippen LogP contribution in [0.5, 0.6) is 5.75 Å². The van der Waals surface area contributed by atoms with Crippen molar-refractivity contribution in [2.75, 3.05) is 30.3 Å². The van der Waals surface area contributed by atoms with Crippen LogP contribution in [0.25, 0.3) is 0 Å². The van der Waals surface area contributed by atoms with Gasteiger partial charge in [0.1, 0.15) is 16.6 Å². The summed E-state index contributed by atoms with van der Waals surface area (Å²) in [5, 5.41) is 6.70. The molecule has 0 bridgehead atoms. The SMILES string of the molecule is FC(F)(F)Oc1ccccc1CNc1ncc(Cl)c(NC[C@H]2CC[C@H](N3CCCC3)CC2)n1. The molecule has 1 saturated carbocycles. The Morgan fingerprint density at radius 2 is 1.79 bits per heavy atom. The highest BCUT2D eigenvalue weighted by molar-refractivity contribution is 6.32. The number of hydrogen-bond acceptors (Lipinski definition) is 6. The molecule has 1 saturated heterocycles. The maximum absolute atomic E-state index is 12.6. The molecule has 2 N–H and O–H groups in total. The Balaban J connectivity index is 1.30. The lowest BCUT2D eigenvalue weighted by Gasteiger charge is -2.34. The number of nitrogens with zero attached hydrogens (tertiary/aromatic N) is 3. The van der Waals surface area contributed by atoms with Crippen molar-refractivity contribution >= 4 is 23.4 Å². The second-order valence-corrected chi connectivity index (χ2v) is 9.10. The molecule has 0 amide bonds. The summed E-state index contributed by atoms with van der Waals surface area (Å²) in [5.41, 5.74) is 0.345. The van der Waals surface area contributed by atoms with E-state index in [9.17, 15) is 13.2 Å². The highest BCUT2D eigenvalue weighted by atomic mass is 35.5. The fourth-order valence-corrected chi connectivity index (χ4v) is 4.84. The van der Waals surface area contributed by atoms with Crippen molar-refractivity contribution in [2.24, 2.45) is 5.92 Å². The molecule has 0 spiro atoms. The van der Waals surface area contributed by atoms with Crippen molar-refractivity contribution in [2.45, 2.75) is 57.5 Å². The van der Waals surface area contributed by atoms with E-state index in [1.807, 2.05) is 0 Å². The molecule has 2 aromatic rings. The number of anilines is 2. The van der Waals surface area contributed by atoms with Gasteiger partial charge >= 0.3 is 6.36 Å². The van der Waals surface area contributed by atoms with Crippen LogP contribution < -0.4 is 15.4 Å². The van der Waals surface area contributed by atoms with E-state index < -0.39 is 6.36 Å². The van der Waals surface area contributed by atoms with Gasteiger partial charge < -0.3 is 20.3 Å². The molecule has 1 aromatic carbocycles. The van der Waals surface area contributed by atoms with Crippen LogP contribution >= 0.6 is 11.6 Å². The van der Waals surface area contributed by atoms with Gasteiger partial charge in [0.15, 0.2) is 0 Å². The fraction of sp³-hybridized carbons (Fsp3) is 0.565. The molecule has 0 radical (unpaired) electrons. The zero-order chi connectivity index (χ0) is 23.3. The summed E-state index contributed by atoms with van der Waals surface area (Å²) < 4.78 is 42.0. The van der Waals surface area contributed by atoms with Crippen LogP contribution in [0.3, 0.4) is 0 Å². The lowest BCUT2D eigenvalue weighted by atomic mass is 9.85. The molecular formula is C23H29ClF3N5O. The molecule has 2 heterocycles. The van der Waals surface area contributed by atoms with Crippen molar-refractivity contribution in [3.05, 3.63) is 41.0 Å². The number of para-hydroxylation sites is 1. The van der Waals surface area contributed by atoms with E-state index >= 15 is 0 Å². The fourth-order valence-electron chi connectivity index (χ4n) is 4.69. The molecule has 6 nitrogen and oxygen atoms in total. The average molecular weight is 484 g/mol. The lowest BCUT2D eigenvalue weighted by Crippen LogP contribution is -2.37. The molecule has 1 aromatic heterocycles. The molecule has 2 fully saturated rings. The molecular weight excluding hydrogens is 455 g/mol. The predicted octanol–water partition coefficient (Wildman–Crippen LogP) is 5.71. The lowest BCUT2D eigenvalue weighted by molar-refractivity contribution is -0.274. The van der Waals surface area contributed by atoms with Crippen LogP contribution in [0.2, 0.25) is 5.02 Å². The molecule has 0 atom stereocenters. The number of benzene rings is 1. The Labute approximate surface area is 196 Å². The highest BCUT2D eigenvalue weighted by Gasteiger charge is 2.32. The van der Waals surface area contributed by atoms with Gasteiger partial charge in [0.05, 0.1) is 6.20 Å². The number of nitrogens with one attached hydrogen (secondary N) is 2. The van der Waals surface area contributed by atoms with Gasteiger partial charge in [-0.1, -0.05) is 29.8 Å². The summed E-state index contributed by atoms with van der Waals surface area (Å²) in [6.45, 7) is 3.35. The summed E-state index contributed by atoms with van der Waals surface area (Å²) in [7, 11) is 0. The number of halogens is 4. The first-order valence-electron chi connectivity index (χ1n) is 11.5. The minimum absolute atomic E-state index is 0.0772. The third-order valence-electron chi connectivity index (χ3n) is 6.41. The van der Waals surface area contributed by atoms with E-state index in [-0.39, 0.29) is 18.2 Å². The number of aromatic nitrogens is 2. The van der Waals surface area contributed by atoms with Gasteiger partial charge in [-0.3, -0.25) is 0 Å². The van der Waals surface area contributed by atoms with Crippen LogP contribution in [0.15, 0.2) is 30.5 Å². The third-order valence-corrected chi connectivity index (χ3v) is 6.69. The Hall–Kier alpha value is -2.26. The Kier molecular flexibility index (Phi) is 7.80. The summed E-state index contributed by atoms with van der Waals surface area (Å²) >= 11 is 6.27. The largest absolute Gasteiger partial charge is 0.573 e. The van der Waals surface area contributed by atoms with Gasteiger partial charge in [0.2, 0.25) is 5.95 Å². The van der Waals surface area contributed by atoms with Gasteiger partial charge in [-0.2, -0.15) is 4.98 Å². The summed E-state index contributed by atoms with van der Waals surface area (Å²) in [5.74, 6) is 1.11. The number of hydrogen-bond donors (Lipinski definition) is 2. The maximum Gasteiger partial charge on any atom is 0.573 e. The minimum atomic E-state index is -4.75. The first-order chi connectivity index (χ1) is 15.9. The predicted molar refractivity (Wildman–Crippen MR) is 123 cm³/mol. The second kappa shape index (κ2) is 10.8. The average Bonchev–Trinajstić information content (AvgIpc) is 3.33. The highest BCUT2D eigenvalue weighted by Crippen LogP contribution is 2.31. The van der Waals surface area contributed by atoms with Gasteiger partial charge in [0, 0.05) is 24.7 Å². The van der Waals surface area contributed by atoms with Gasteiger partial charge in [-0.25, -0.2) is 4.98 Å². The van der Waals surface area contributed by atoms with E-state index in [1.54, 1.807) is 12.1 Å². The zero-order valence-corrected chi connectivity index (χ0v) is 19.1. The maximum atomic E-state index is 12.6. The number of likely N-dealkylation sites (tertiary alicyclic amines) is 1. The summed E-state index contributed by atoms with van der Waals surface area (Å²) in [4.78, 5) is 11.2. The molecule has 33 heavy (non-hydrogen) atoms. The molecule has 180 valence electrons. The summed E-state index contributed by atoms with van der Waals surface area (Å²) in [6.07, 6.45) is 4.21. The van der Waals surface area contributed by atoms with E-state index in [1.165, 1.54) is 69.9 Å². The van der Waals surface area contributed by atoms with E-state index in [4.69, 9.17) is 11.6 Å². The minimum Gasteiger partial charge on any atom is -0.405 e. The van der Waals surface area contributed by atoms with Crippen LogP contribution in [0, 0.1) is 5.92 Å². The number of rotatable bonds is 8. The van der Waals surface area contributed by atoms with Crippen molar-refractivity contribution < 1.29 is 17.9 Å². The first kappa shape index (κ1) is 23.9. The Bertz CT molecular complexity index is 915. The molecule has 1 aliphatic heterocycles. The smallest absolute Gasteiger partial charge is 0.405 e. The summed E-state index contributed by atoms with van der Waals surface area (Å²) in [6, 6.07) is 6.70. The van der Waals surface area contributed by atoms with Crippen LogP contribution in [-0.2, 0) is 6.54 Å². The first-order valence-corrected chi connectivity index (χ1v) is 11.8. The van der Waals surface area contributed by atoms with E-state index in [0.29, 0.717) is 22.3 Å². The molecule has 10 heteroatoms. The quantitative estimate of drug-likeness (QED) is 0.501. The number of ether oxygens (including phenoxy) is 1. The third kappa shape index (κ3) is 6.86. The number of alkyl halides is 3. The van der Waals surface area contributed by atoms with Gasteiger partial charge in [-0.15, -0.1) is 13.2 Å². The molecule has 0 unspecified atom stereocenters. The normalized spacial score (nSPS) is 21.7. The van der Waals surface area contributed by atoms with Crippen molar-refractivity contribution in [3.63, 3.8) is 0 Å². The van der Waals surface area contributed by atoms with E-state index in [0.717, 1.165) is 12.6 Å². The monoisotopic (exact) mass is 483 g/mol. The topological polar surface area (TPSA) is 62.3 Å². The van der Waals surface area contributed by atoms with Gasteiger partial charge in [-0.05, 0) is 63.6 Å². The standard InChI is InChI=1S/C23H29ClF3N5O/c24-19-15-30-22(29-14-17-5-1-2-6-20(17)33-23(25,26)27)31-21(19)28-13-16-7-9-18(10-8-16)32-11-3-4-12-32/h1-2,5-6,15-16,18H,3-4,7-14H2,(H2,28,29,30,31)/t16-,18-. The van der Waals surface area contributed by atoms with Gasteiger partial charge in [0.25, 0.3) is 0 Å². The van der Waals surface area contributed by atoms with Crippen LogP contribution in [0.1, 0.15) is 44.1 Å². The Morgan fingerprint density at radius 3 is 2.52 bits per heavy atom.